The Balaban J connectivity index is 1.54. The molecular weight excluding hydrogens is 432 g/mol. The highest BCUT2D eigenvalue weighted by atomic mass is 16.5. The second-order valence-corrected chi connectivity index (χ2v) is 8.15. The molecule has 2 aromatic heterocycles. The number of amides is 1. The lowest BCUT2D eigenvalue weighted by molar-refractivity contribution is -0.127. The number of nitrogens with zero attached hydrogens (tertiary/aromatic N) is 5. The van der Waals surface area contributed by atoms with Crippen LogP contribution in [-0.4, -0.2) is 48.6 Å². The predicted molar refractivity (Wildman–Crippen MR) is 126 cm³/mol. The summed E-state index contributed by atoms with van der Waals surface area (Å²) in [6, 6.07) is 16.8. The first-order valence-corrected chi connectivity index (χ1v) is 11.0. The Bertz CT molecular complexity index is 1410. The molecule has 1 fully saturated rings. The van der Waals surface area contributed by atoms with Crippen LogP contribution in [-0.2, 0) is 4.79 Å². The van der Waals surface area contributed by atoms with Gasteiger partial charge in [-0.05, 0) is 55.3 Å². The fourth-order valence-corrected chi connectivity index (χ4v) is 4.29. The fraction of sp³-hybridized carbons (Fsp3) is 0.200. The second kappa shape index (κ2) is 8.86. The maximum Gasteiger partial charge on any atom is 0.246 e. The summed E-state index contributed by atoms with van der Waals surface area (Å²) in [5.74, 6) is 1.29. The van der Waals surface area contributed by atoms with E-state index >= 15 is 0 Å². The van der Waals surface area contributed by atoms with Crippen molar-refractivity contribution in [3.05, 3.63) is 79.1 Å². The van der Waals surface area contributed by atoms with Gasteiger partial charge in [0, 0.05) is 18.7 Å². The van der Waals surface area contributed by atoms with Crippen molar-refractivity contribution < 1.29 is 14.7 Å². The molecule has 34 heavy (non-hydrogen) atoms. The number of carbonyl (C=O) groups is 1. The Labute approximate surface area is 195 Å². The zero-order valence-corrected chi connectivity index (χ0v) is 18.5. The van der Waals surface area contributed by atoms with E-state index in [1.54, 1.807) is 9.58 Å². The van der Waals surface area contributed by atoms with Crippen LogP contribution in [0.4, 0.5) is 0 Å². The highest BCUT2D eigenvalue weighted by Gasteiger charge is 2.28. The van der Waals surface area contributed by atoms with E-state index < -0.39 is 0 Å². The summed E-state index contributed by atoms with van der Waals surface area (Å²) in [6.45, 7) is 4.74. The van der Waals surface area contributed by atoms with Crippen molar-refractivity contribution in [3.8, 4) is 22.8 Å². The molecule has 9 nitrogen and oxygen atoms in total. The highest BCUT2D eigenvalue weighted by Crippen LogP contribution is 2.31. The number of nitrogens with one attached hydrogen (secondary N) is 1. The third kappa shape index (κ3) is 3.92. The van der Waals surface area contributed by atoms with Gasteiger partial charge in [-0.25, -0.2) is 9.67 Å². The number of piperidine rings is 1. The number of hydrogen-bond acceptors (Lipinski definition) is 6. The largest absolute Gasteiger partial charge is 0.457 e. The molecule has 0 radical (unpaired) electrons. The van der Waals surface area contributed by atoms with Crippen molar-refractivity contribution in [1.82, 2.24) is 24.4 Å². The summed E-state index contributed by atoms with van der Waals surface area (Å²) in [5, 5.41) is 23.8. The first kappa shape index (κ1) is 21.4. The van der Waals surface area contributed by atoms with Gasteiger partial charge in [0.25, 0.3) is 0 Å². The number of likely N-dealkylation sites (tertiary alicyclic amines) is 1. The normalized spacial score (nSPS) is 15.9. The summed E-state index contributed by atoms with van der Waals surface area (Å²) >= 11 is 0. The van der Waals surface area contributed by atoms with Crippen LogP contribution in [0.25, 0.3) is 22.3 Å². The summed E-state index contributed by atoms with van der Waals surface area (Å²) < 4.78 is 8.34. The standard InChI is InChI=1S/C25H24N6O3/c1-2-21(32)29-14-6-7-18(15-29)31-25-22(24(26)30(33)16-27-25)23(28-31)17-10-12-20(13-11-17)34-19-8-4-3-5-9-19/h2-5,8-13,16,18,26,33H,1,6-7,14-15H2/t18-/m1/s1. The van der Waals surface area contributed by atoms with Crippen molar-refractivity contribution in [2.75, 3.05) is 13.1 Å². The average molecular weight is 457 g/mol. The molecule has 3 heterocycles. The van der Waals surface area contributed by atoms with E-state index in [-0.39, 0.29) is 17.4 Å². The van der Waals surface area contributed by atoms with Crippen LogP contribution in [0.2, 0.25) is 0 Å². The lowest BCUT2D eigenvalue weighted by atomic mass is 10.1. The molecule has 0 bridgehead atoms. The zero-order chi connectivity index (χ0) is 23.7. The minimum atomic E-state index is -0.113. The fourth-order valence-electron chi connectivity index (χ4n) is 4.29. The molecule has 2 aromatic carbocycles. The number of aromatic nitrogens is 4. The molecule has 1 amide bonds. The number of fused-ring (bicyclic) bond motifs is 1. The summed E-state index contributed by atoms with van der Waals surface area (Å²) in [5.41, 5.74) is 1.69. The smallest absolute Gasteiger partial charge is 0.246 e. The van der Waals surface area contributed by atoms with Crippen molar-refractivity contribution in [2.24, 2.45) is 0 Å². The number of rotatable bonds is 5. The molecule has 4 aromatic rings. The van der Waals surface area contributed by atoms with Gasteiger partial charge in [-0.3, -0.25) is 10.2 Å². The summed E-state index contributed by atoms with van der Waals surface area (Å²) in [6.07, 6.45) is 4.17. The van der Waals surface area contributed by atoms with Gasteiger partial charge in [-0.1, -0.05) is 24.8 Å². The molecule has 0 unspecified atom stereocenters. The van der Waals surface area contributed by atoms with E-state index in [9.17, 15) is 10.0 Å². The number of para-hydroxylation sites is 1. The number of ether oxygens (including phenoxy) is 1. The van der Waals surface area contributed by atoms with Crippen LogP contribution in [0.15, 0.2) is 73.6 Å². The van der Waals surface area contributed by atoms with E-state index in [4.69, 9.17) is 15.2 Å². The molecule has 0 spiro atoms. The van der Waals surface area contributed by atoms with Gasteiger partial charge in [-0.15, -0.1) is 0 Å². The van der Waals surface area contributed by atoms with Crippen LogP contribution >= 0.6 is 0 Å². The van der Waals surface area contributed by atoms with Gasteiger partial charge in [0.15, 0.2) is 11.1 Å². The van der Waals surface area contributed by atoms with Crippen molar-refractivity contribution in [1.29, 1.82) is 5.41 Å². The van der Waals surface area contributed by atoms with E-state index in [0.717, 1.165) is 24.2 Å². The molecule has 1 atom stereocenters. The van der Waals surface area contributed by atoms with Gasteiger partial charge < -0.3 is 14.8 Å². The van der Waals surface area contributed by atoms with Crippen LogP contribution in [0, 0.1) is 5.41 Å². The Morgan fingerprint density at radius 1 is 1.15 bits per heavy atom. The van der Waals surface area contributed by atoms with Crippen molar-refractivity contribution in [3.63, 3.8) is 0 Å². The maximum absolute atomic E-state index is 12.2. The van der Waals surface area contributed by atoms with Crippen LogP contribution in [0.5, 0.6) is 11.5 Å². The van der Waals surface area contributed by atoms with Gasteiger partial charge in [0.05, 0.1) is 11.4 Å². The Morgan fingerprint density at radius 2 is 1.88 bits per heavy atom. The van der Waals surface area contributed by atoms with E-state index in [0.29, 0.717) is 40.3 Å². The maximum atomic E-state index is 12.2. The highest BCUT2D eigenvalue weighted by molar-refractivity contribution is 5.90. The zero-order valence-electron chi connectivity index (χ0n) is 18.5. The van der Waals surface area contributed by atoms with Gasteiger partial charge in [0.2, 0.25) is 5.91 Å². The number of benzene rings is 2. The molecule has 9 heteroatoms. The van der Waals surface area contributed by atoms with Crippen LogP contribution in [0.3, 0.4) is 0 Å². The third-order valence-corrected chi connectivity index (χ3v) is 5.98. The third-order valence-electron chi connectivity index (χ3n) is 5.98. The summed E-state index contributed by atoms with van der Waals surface area (Å²) in [7, 11) is 0. The lowest BCUT2D eigenvalue weighted by Gasteiger charge is -2.32. The lowest BCUT2D eigenvalue weighted by Crippen LogP contribution is -2.40. The average Bonchev–Trinajstić information content (AvgIpc) is 3.27. The monoisotopic (exact) mass is 456 g/mol. The molecule has 1 saturated heterocycles. The Kier molecular flexibility index (Phi) is 5.59. The topological polar surface area (TPSA) is 109 Å². The molecule has 0 aliphatic carbocycles. The minimum Gasteiger partial charge on any atom is -0.457 e. The number of carbonyl (C=O) groups excluding carboxylic acids is 1. The van der Waals surface area contributed by atoms with Crippen molar-refractivity contribution in [2.45, 2.75) is 18.9 Å². The van der Waals surface area contributed by atoms with E-state index in [1.165, 1.54) is 12.4 Å². The van der Waals surface area contributed by atoms with Crippen LogP contribution < -0.4 is 10.2 Å². The predicted octanol–water partition coefficient (Wildman–Crippen LogP) is 3.76. The van der Waals surface area contributed by atoms with Crippen LogP contribution in [0.1, 0.15) is 18.9 Å². The Morgan fingerprint density at radius 3 is 2.62 bits per heavy atom. The molecule has 2 N–H and O–H groups in total. The van der Waals surface area contributed by atoms with Crippen molar-refractivity contribution >= 4 is 16.9 Å². The van der Waals surface area contributed by atoms with Gasteiger partial charge in [0.1, 0.15) is 23.5 Å². The molecule has 0 saturated carbocycles. The van der Waals surface area contributed by atoms with E-state index in [2.05, 4.69) is 11.6 Å². The molecular formula is C25H24N6O3. The second-order valence-electron chi connectivity index (χ2n) is 8.15. The quantitative estimate of drug-likeness (QED) is 0.351. The number of hydrogen-bond donors (Lipinski definition) is 2. The van der Waals surface area contributed by atoms with Gasteiger partial charge >= 0.3 is 0 Å². The van der Waals surface area contributed by atoms with E-state index in [1.807, 2.05) is 54.6 Å². The first-order valence-electron chi connectivity index (χ1n) is 11.0. The molecule has 172 valence electrons. The SMILES string of the molecule is C=CC(=O)N1CCC[C@@H](n2nc(-c3ccc(Oc4ccccc4)cc3)c3c(=N)n(O)cnc32)C1. The Hall–Kier alpha value is -4.40. The molecule has 1 aliphatic heterocycles. The molecule has 5 rings (SSSR count). The first-order chi connectivity index (χ1) is 16.5. The minimum absolute atomic E-state index is 0.101. The summed E-state index contributed by atoms with van der Waals surface area (Å²) in [4.78, 5) is 18.3. The molecule has 1 aliphatic rings. The van der Waals surface area contributed by atoms with Gasteiger partial charge in [-0.2, -0.15) is 9.83 Å².